The highest BCUT2D eigenvalue weighted by atomic mass is 16.3. The summed E-state index contributed by atoms with van der Waals surface area (Å²) in [5, 5.41) is 8.75. The van der Waals surface area contributed by atoms with Crippen molar-refractivity contribution in [2.45, 2.75) is 32.3 Å². The van der Waals surface area contributed by atoms with E-state index in [1.54, 1.807) is 0 Å². The zero-order valence-corrected chi connectivity index (χ0v) is 5.22. The minimum atomic E-state index is -0.519. The molecular weight excluding hydrogens is 100 g/mol. The van der Waals surface area contributed by atoms with Gasteiger partial charge in [-0.05, 0) is 6.42 Å². The highest BCUT2D eigenvalue weighted by molar-refractivity contribution is 4.92. The molecule has 0 aromatic rings. The van der Waals surface area contributed by atoms with Gasteiger partial charge in [-0.15, -0.1) is 6.42 Å². The fourth-order valence-corrected chi connectivity index (χ4v) is 0.481. The van der Waals surface area contributed by atoms with E-state index < -0.39 is 6.10 Å². The lowest BCUT2D eigenvalue weighted by molar-refractivity contribution is 0.218. The first-order valence-electron chi connectivity index (χ1n) is 2.95. The first-order valence-corrected chi connectivity index (χ1v) is 2.95. The van der Waals surface area contributed by atoms with Gasteiger partial charge in [-0.25, -0.2) is 0 Å². The van der Waals surface area contributed by atoms with Gasteiger partial charge in [0.25, 0.3) is 0 Å². The van der Waals surface area contributed by atoms with Crippen molar-refractivity contribution in [3.63, 3.8) is 0 Å². The molecule has 1 heteroatoms. The van der Waals surface area contributed by atoms with Crippen molar-refractivity contribution >= 4 is 0 Å². The van der Waals surface area contributed by atoms with Crippen LogP contribution in [0.4, 0.5) is 0 Å². The van der Waals surface area contributed by atoms with Crippen LogP contribution in [0.1, 0.15) is 26.2 Å². The Bertz CT molecular complexity index is 80.9. The summed E-state index contributed by atoms with van der Waals surface area (Å²) in [5.74, 6) is 2.26. The topological polar surface area (TPSA) is 20.2 Å². The molecule has 46 valence electrons. The van der Waals surface area contributed by atoms with Gasteiger partial charge in [0.05, 0.1) is 0 Å². The van der Waals surface area contributed by atoms with Crippen molar-refractivity contribution in [3.8, 4) is 12.3 Å². The van der Waals surface area contributed by atoms with Gasteiger partial charge in [0.1, 0.15) is 6.10 Å². The molecule has 8 heavy (non-hydrogen) atoms. The second-order valence-corrected chi connectivity index (χ2v) is 1.82. The SMILES string of the molecule is C#C[C@H](O)CCCC. The number of aliphatic hydroxyl groups excluding tert-OH is 1. The van der Waals surface area contributed by atoms with Crippen LogP contribution in [0.25, 0.3) is 0 Å². The number of aliphatic hydroxyl groups is 1. The predicted octanol–water partition coefficient (Wildman–Crippen LogP) is 1.17. The second-order valence-electron chi connectivity index (χ2n) is 1.82. The minimum absolute atomic E-state index is 0.519. The van der Waals surface area contributed by atoms with Gasteiger partial charge in [-0.2, -0.15) is 0 Å². The maximum Gasteiger partial charge on any atom is 0.114 e. The molecule has 0 saturated carbocycles. The van der Waals surface area contributed by atoms with Crippen molar-refractivity contribution in [3.05, 3.63) is 0 Å². The van der Waals surface area contributed by atoms with Crippen LogP contribution in [-0.4, -0.2) is 11.2 Å². The van der Waals surface area contributed by atoms with Crippen LogP contribution in [0.15, 0.2) is 0 Å². The lowest BCUT2D eigenvalue weighted by atomic mass is 10.2. The summed E-state index contributed by atoms with van der Waals surface area (Å²) in [4.78, 5) is 0. The number of hydrogen-bond donors (Lipinski definition) is 1. The number of hydrogen-bond acceptors (Lipinski definition) is 1. The molecule has 0 aliphatic heterocycles. The zero-order chi connectivity index (χ0) is 6.41. The maximum absolute atomic E-state index is 8.75. The number of terminal acetylenes is 1. The standard InChI is InChI=1S/C7H12O/c1-3-5-6-7(8)4-2/h2,7-8H,3,5-6H2,1H3/t7-/m0/s1. The van der Waals surface area contributed by atoms with E-state index in [0.717, 1.165) is 19.3 Å². The molecule has 0 aliphatic carbocycles. The fourth-order valence-electron chi connectivity index (χ4n) is 0.481. The summed E-state index contributed by atoms with van der Waals surface area (Å²) < 4.78 is 0. The monoisotopic (exact) mass is 112 g/mol. The van der Waals surface area contributed by atoms with Gasteiger partial charge in [0, 0.05) is 0 Å². The summed E-state index contributed by atoms with van der Waals surface area (Å²) in [6, 6.07) is 0. The summed E-state index contributed by atoms with van der Waals surface area (Å²) in [6.07, 6.45) is 7.25. The van der Waals surface area contributed by atoms with Crippen molar-refractivity contribution in [2.75, 3.05) is 0 Å². The molecule has 0 unspecified atom stereocenters. The molecule has 0 aromatic heterocycles. The van der Waals surface area contributed by atoms with E-state index in [-0.39, 0.29) is 0 Å². The number of rotatable bonds is 3. The molecule has 0 radical (unpaired) electrons. The Morgan fingerprint density at radius 1 is 1.75 bits per heavy atom. The van der Waals surface area contributed by atoms with Crippen LogP contribution < -0.4 is 0 Å². The van der Waals surface area contributed by atoms with Gasteiger partial charge in [-0.3, -0.25) is 0 Å². The van der Waals surface area contributed by atoms with E-state index in [9.17, 15) is 0 Å². The minimum Gasteiger partial charge on any atom is -0.380 e. The van der Waals surface area contributed by atoms with E-state index in [1.165, 1.54) is 0 Å². The quantitative estimate of drug-likeness (QED) is 0.543. The largest absolute Gasteiger partial charge is 0.380 e. The van der Waals surface area contributed by atoms with Gasteiger partial charge >= 0.3 is 0 Å². The molecule has 0 aliphatic rings. The van der Waals surface area contributed by atoms with Crippen molar-refractivity contribution in [2.24, 2.45) is 0 Å². The molecule has 0 bridgehead atoms. The van der Waals surface area contributed by atoms with Crippen LogP contribution in [0.5, 0.6) is 0 Å². The Hall–Kier alpha value is -0.480. The van der Waals surface area contributed by atoms with Gasteiger partial charge in [0.2, 0.25) is 0 Å². The van der Waals surface area contributed by atoms with Crippen LogP contribution in [-0.2, 0) is 0 Å². The molecular formula is C7H12O. The molecule has 0 saturated heterocycles. The normalized spacial score (nSPS) is 12.6. The van der Waals surface area contributed by atoms with Gasteiger partial charge in [0.15, 0.2) is 0 Å². The number of unbranched alkanes of at least 4 members (excludes halogenated alkanes) is 1. The Morgan fingerprint density at radius 2 is 2.38 bits per heavy atom. The summed E-state index contributed by atoms with van der Waals surface area (Å²) in [6.45, 7) is 2.07. The van der Waals surface area contributed by atoms with E-state index in [4.69, 9.17) is 11.5 Å². The van der Waals surface area contributed by atoms with E-state index in [1.807, 2.05) is 0 Å². The molecule has 0 fully saturated rings. The lowest BCUT2D eigenvalue weighted by Gasteiger charge is -1.97. The molecule has 0 rings (SSSR count). The van der Waals surface area contributed by atoms with Crippen molar-refractivity contribution in [1.29, 1.82) is 0 Å². The summed E-state index contributed by atoms with van der Waals surface area (Å²) in [5.41, 5.74) is 0. The maximum atomic E-state index is 8.75. The van der Waals surface area contributed by atoms with Crippen LogP contribution in [0, 0.1) is 12.3 Å². The average molecular weight is 112 g/mol. The molecule has 1 nitrogen and oxygen atoms in total. The Balaban J connectivity index is 3.02. The molecule has 1 atom stereocenters. The summed E-state index contributed by atoms with van der Waals surface area (Å²) >= 11 is 0. The lowest BCUT2D eigenvalue weighted by Crippen LogP contribution is -2.00. The Labute approximate surface area is 50.7 Å². The molecule has 0 amide bonds. The molecule has 1 N–H and O–H groups in total. The molecule has 0 spiro atoms. The second kappa shape index (κ2) is 4.67. The first-order chi connectivity index (χ1) is 3.81. The van der Waals surface area contributed by atoms with Crippen LogP contribution >= 0.6 is 0 Å². The smallest absolute Gasteiger partial charge is 0.114 e. The van der Waals surface area contributed by atoms with Gasteiger partial charge in [-0.1, -0.05) is 25.7 Å². The van der Waals surface area contributed by atoms with E-state index in [0.29, 0.717) is 0 Å². The first kappa shape index (κ1) is 7.52. The average Bonchev–Trinajstić information content (AvgIpc) is 1.83. The molecule has 0 aromatic carbocycles. The van der Waals surface area contributed by atoms with Gasteiger partial charge < -0.3 is 5.11 Å². The van der Waals surface area contributed by atoms with Crippen molar-refractivity contribution < 1.29 is 5.11 Å². The predicted molar refractivity (Wildman–Crippen MR) is 34.4 cm³/mol. The molecule has 0 heterocycles. The summed E-state index contributed by atoms with van der Waals surface area (Å²) in [7, 11) is 0. The fraction of sp³-hybridized carbons (Fsp3) is 0.714. The van der Waals surface area contributed by atoms with E-state index >= 15 is 0 Å². The highest BCUT2D eigenvalue weighted by Gasteiger charge is 1.94. The Kier molecular flexibility index (Phi) is 4.39. The van der Waals surface area contributed by atoms with Crippen molar-refractivity contribution in [1.82, 2.24) is 0 Å². The Morgan fingerprint density at radius 3 is 2.75 bits per heavy atom. The van der Waals surface area contributed by atoms with Crippen LogP contribution in [0.3, 0.4) is 0 Å². The third kappa shape index (κ3) is 3.70. The zero-order valence-electron chi connectivity index (χ0n) is 5.22. The third-order valence-corrected chi connectivity index (χ3v) is 1.02. The van der Waals surface area contributed by atoms with E-state index in [2.05, 4.69) is 12.8 Å². The van der Waals surface area contributed by atoms with Crippen LogP contribution in [0.2, 0.25) is 0 Å². The highest BCUT2D eigenvalue weighted by Crippen LogP contribution is 1.97. The third-order valence-electron chi connectivity index (χ3n) is 1.02.